The summed E-state index contributed by atoms with van der Waals surface area (Å²) in [4.78, 5) is 2.68. The first kappa shape index (κ1) is 37.8. The molecule has 0 fully saturated rings. The predicted molar refractivity (Wildman–Crippen MR) is 289 cm³/mol. The Morgan fingerprint density at radius 2 is 0.681 bits per heavy atom. The van der Waals surface area contributed by atoms with Crippen molar-refractivity contribution in [3.05, 3.63) is 281 Å². The van der Waals surface area contributed by atoms with Gasteiger partial charge in [0.15, 0.2) is 0 Å². The fraction of sp³-hybridized carbons (Fsp3) is 0.0448. The van der Waals surface area contributed by atoms with Crippen LogP contribution in [-0.2, 0) is 10.8 Å². The zero-order valence-corrected chi connectivity index (χ0v) is 38.6. The Balaban J connectivity index is 1.06. The molecule has 0 N–H and O–H groups in total. The van der Waals surface area contributed by atoms with Crippen LogP contribution in [0.15, 0.2) is 231 Å². The van der Waals surface area contributed by atoms with E-state index in [4.69, 9.17) is 0 Å². The highest BCUT2D eigenvalue weighted by atomic mass is 32.1. The van der Waals surface area contributed by atoms with Gasteiger partial charge in [-0.1, -0.05) is 206 Å². The third-order valence-electron chi connectivity index (χ3n) is 16.4. The Kier molecular flexibility index (Phi) is 7.36. The maximum absolute atomic E-state index is 2.68. The van der Waals surface area contributed by atoms with Crippen molar-refractivity contribution in [3.8, 4) is 44.5 Å². The summed E-state index contributed by atoms with van der Waals surface area (Å²) in [5.74, 6) is 0. The van der Waals surface area contributed by atoms with E-state index in [1.807, 2.05) is 11.3 Å². The molecule has 0 unspecified atom stereocenters. The Morgan fingerprint density at radius 1 is 0.319 bits per heavy atom. The van der Waals surface area contributed by atoms with Crippen LogP contribution < -0.4 is 4.90 Å². The summed E-state index contributed by atoms with van der Waals surface area (Å²) in [5, 5.41) is 5.22. The lowest BCUT2D eigenvalue weighted by Crippen LogP contribution is -2.26. The normalized spacial score (nSPS) is 14.4. The molecule has 2 spiro atoms. The van der Waals surface area contributed by atoms with Gasteiger partial charge in [0, 0.05) is 26.6 Å². The van der Waals surface area contributed by atoms with E-state index in [-0.39, 0.29) is 0 Å². The van der Waals surface area contributed by atoms with Crippen LogP contribution in [0.25, 0.3) is 75.5 Å². The molecule has 0 aliphatic heterocycles. The summed E-state index contributed by atoms with van der Waals surface area (Å²) in [6, 6.07) is 87.8. The summed E-state index contributed by atoms with van der Waals surface area (Å²) in [6.45, 7) is 2.29. The molecule has 4 aliphatic carbocycles. The molecule has 69 heavy (non-hydrogen) atoms. The largest absolute Gasteiger partial charge is 0.308 e. The summed E-state index contributed by atoms with van der Waals surface area (Å²) < 4.78 is 2.64. The van der Waals surface area contributed by atoms with Gasteiger partial charge >= 0.3 is 0 Å². The van der Waals surface area contributed by atoms with Gasteiger partial charge in [-0.2, -0.15) is 0 Å². The van der Waals surface area contributed by atoms with Crippen LogP contribution in [0.1, 0.15) is 50.1 Å². The van der Waals surface area contributed by atoms with Crippen molar-refractivity contribution in [3.63, 3.8) is 0 Å². The average Bonchev–Trinajstić information content (AvgIpc) is 4.19. The molecular weight excluding hydrogens is 851 g/mol. The second-order valence-electron chi connectivity index (χ2n) is 19.4. The van der Waals surface area contributed by atoms with E-state index in [0.29, 0.717) is 0 Å². The summed E-state index contributed by atoms with van der Waals surface area (Å²) in [6.07, 6.45) is 0. The predicted octanol–water partition coefficient (Wildman–Crippen LogP) is 17.7. The molecule has 4 aliphatic rings. The SMILES string of the molecule is Cc1cc2ccccc2c2c1sc1c(N(c3cccc4c3-c3ccccc3C43c4ccccc4-c4ccccc43)c3cccc4c3-c3ccccc3C43c4ccccc4-c4ccccc43)cccc12. The van der Waals surface area contributed by atoms with Crippen molar-refractivity contribution in [1.82, 2.24) is 0 Å². The average molecular weight is 892 g/mol. The zero-order valence-electron chi connectivity index (χ0n) is 37.8. The Hall–Kier alpha value is -8.30. The third kappa shape index (κ3) is 4.48. The molecule has 0 radical (unpaired) electrons. The number of anilines is 3. The first-order chi connectivity index (χ1) is 34.2. The van der Waals surface area contributed by atoms with Gasteiger partial charge in [0.25, 0.3) is 0 Å². The molecule has 2 heteroatoms. The molecule has 1 heterocycles. The van der Waals surface area contributed by atoms with Crippen LogP contribution in [0.5, 0.6) is 0 Å². The molecule has 0 bridgehead atoms. The van der Waals surface area contributed by atoms with Gasteiger partial charge < -0.3 is 4.90 Å². The van der Waals surface area contributed by atoms with E-state index in [1.165, 1.54) is 143 Å². The van der Waals surface area contributed by atoms with E-state index in [9.17, 15) is 0 Å². The third-order valence-corrected chi connectivity index (χ3v) is 17.7. The van der Waals surface area contributed by atoms with Crippen molar-refractivity contribution in [2.45, 2.75) is 17.8 Å². The molecule has 0 saturated carbocycles. The molecule has 320 valence electrons. The van der Waals surface area contributed by atoms with Gasteiger partial charge in [-0.15, -0.1) is 11.3 Å². The molecule has 12 aromatic rings. The van der Waals surface area contributed by atoms with E-state index in [0.717, 1.165) is 0 Å². The highest BCUT2D eigenvalue weighted by Crippen LogP contribution is 2.68. The smallest absolute Gasteiger partial charge is 0.0726 e. The molecular formula is C67H41NS. The molecule has 0 amide bonds. The van der Waals surface area contributed by atoms with Crippen molar-refractivity contribution in [1.29, 1.82) is 0 Å². The Bertz CT molecular complexity index is 3960. The number of rotatable bonds is 3. The summed E-state index contributed by atoms with van der Waals surface area (Å²) >= 11 is 1.94. The van der Waals surface area contributed by atoms with Gasteiger partial charge in [0.2, 0.25) is 0 Å². The maximum Gasteiger partial charge on any atom is 0.0726 e. The molecule has 0 atom stereocenters. The van der Waals surface area contributed by atoms with Gasteiger partial charge in [0.05, 0.1) is 32.6 Å². The van der Waals surface area contributed by atoms with Gasteiger partial charge in [-0.3, -0.25) is 0 Å². The number of benzene rings is 11. The second-order valence-corrected chi connectivity index (χ2v) is 20.4. The Labute approximate surface area is 404 Å². The van der Waals surface area contributed by atoms with E-state index in [2.05, 4.69) is 242 Å². The summed E-state index contributed by atoms with van der Waals surface area (Å²) in [7, 11) is 0. The van der Waals surface area contributed by atoms with Crippen LogP contribution in [0.4, 0.5) is 17.1 Å². The topological polar surface area (TPSA) is 3.24 Å². The fourth-order valence-corrected chi connectivity index (χ4v) is 15.3. The van der Waals surface area contributed by atoms with Crippen LogP contribution in [0, 0.1) is 6.92 Å². The van der Waals surface area contributed by atoms with Crippen LogP contribution in [-0.4, -0.2) is 0 Å². The van der Waals surface area contributed by atoms with Gasteiger partial charge in [0.1, 0.15) is 0 Å². The molecule has 0 saturated heterocycles. The monoisotopic (exact) mass is 891 g/mol. The van der Waals surface area contributed by atoms with Crippen LogP contribution >= 0.6 is 11.3 Å². The molecule has 11 aromatic carbocycles. The quantitative estimate of drug-likeness (QED) is 0.171. The van der Waals surface area contributed by atoms with Crippen molar-refractivity contribution < 1.29 is 0 Å². The lowest BCUT2D eigenvalue weighted by Gasteiger charge is -2.33. The van der Waals surface area contributed by atoms with E-state index >= 15 is 0 Å². The van der Waals surface area contributed by atoms with Crippen LogP contribution in [0.2, 0.25) is 0 Å². The number of aryl methyl sites for hydroxylation is 1. The zero-order chi connectivity index (χ0) is 45.2. The Morgan fingerprint density at radius 3 is 1.17 bits per heavy atom. The lowest BCUT2D eigenvalue weighted by molar-refractivity contribution is 0.793. The first-order valence-electron chi connectivity index (χ1n) is 24.2. The van der Waals surface area contributed by atoms with Gasteiger partial charge in [-0.25, -0.2) is 0 Å². The number of fused-ring (bicyclic) bond motifs is 25. The molecule has 1 aromatic heterocycles. The van der Waals surface area contributed by atoms with E-state index in [1.54, 1.807) is 0 Å². The summed E-state index contributed by atoms with van der Waals surface area (Å²) in [5.41, 5.74) is 25.1. The van der Waals surface area contributed by atoms with Gasteiger partial charge in [-0.05, 0) is 125 Å². The minimum absolute atomic E-state index is 0.479. The standard InChI is InChI=1S/C67H41NS/c1-40-39-41-19-2-3-20-42(41)61-49-27-16-38-60(65(49)69-64(40)61)68(58-36-17-34-56-62(58)47-25-8-14-32-54(47)66(56)50-28-10-4-21-43(50)44-22-5-11-29-51(44)66)59-37-18-35-57-63(59)48-26-9-15-33-55(48)67(57)52-30-12-6-23-45(52)46-24-7-13-31-53(46)67/h2-39H,1H3. The lowest BCUT2D eigenvalue weighted by atomic mass is 9.70. The fourth-order valence-electron chi connectivity index (χ4n) is 14.0. The van der Waals surface area contributed by atoms with Crippen molar-refractivity contribution in [2.75, 3.05) is 4.90 Å². The van der Waals surface area contributed by atoms with Crippen molar-refractivity contribution >= 4 is 59.3 Å². The second kappa shape index (κ2) is 13.4. The highest BCUT2D eigenvalue weighted by Gasteiger charge is 2.54. The number of hydrogen-bond donors (Lipinski definition) is 0. The number of nitrogens with zero attached hydrogens (tertiary/aromatic N) is 1. The minimum Gasteiger partial charge on any atom is -0.308 e. The maximum atomic E-state index is 2.68. The van der Waals surface area contributed by atoms with Crippen molar-refractivity contribution in [2.24, 2.45) is 0 Å². The number of thiophene rings is 1. The van der Waals surface area contributed by atoms with Crippen LogP contribution in [0.3, 0.4) is 0 Å². The highest BCUT2D eigenvalue weighted by molar-refractivity contribution is 7.26. The minimum atomic E-state index is -0.479. The number of hydrogen-bond acceptors (Lipinski definition) is 2. The molecule has 1 nitrogen and oxygen atoms in total. The van der Waals surface area contributed by atoms with E-state index < -0.39 is 10.8 Å². The molecule has 16 rings (SSSR count). The first-order valence-corrected chi connectivity index (χ1v) is 25.0.